The Kier molecular flexibility index (Phi) is 7.62. The van der Waals surface area contributed by atoms with E-state index < -0.39 is 22.7 Å². The molecule has 0 unspecified atom stereocenters. The van der Waals surface area contributed by atoms with Gasteiger partial charge < -0.3 is 14.9 Å². The Bertz CT molecular complexity index is 973. The molecule has 31 heavy (non-hydrogen) atoms. The first-order chi connectivity index (χ1) is 14.9. The Labute approximate surface area is 182 Å². The summed E-state index contributed by atoms with van der Waals surface area (Å²) in [5.41, 5.74) is 2.70. The van der Waals surface area contributed by atoms with Crippen LogP contribution in [0.5, 0.6) is 0 Å². The maximum atomic E-state index is 13.2. The second-order valence-electron chi connectivity index (χ2n) is 6.54. The maximum absolute atomic E-state index is 13.2. The number of carbonyl (C=O) groups excluding carboxylic acids is 1. The number of oxime groups is 1. The van der Waals surface area contributed by atoms with E-state index >= 15 is 0 Å². The second kappa shape index (κ2) is 10.4. The molecule has 1 aliphatic rings. The molecule has 0 aromatic heterocycles. The van der Waals surface area contributed by atoms with E-state index in [2.05, 4.69) is 10.5 Å². The summed E-state index contributed by atoms with van der Waals surface area (Å²) in [6.45, 7) is 2.43. The molecule has 0 atom stereocenters. The molecule has 2 aromatic carbocycles. The van der Waals surface area contributed by atoms with Crippen LogP contribution >= 0.6 is 11.8 Å². The first-order valence-corrected chi connectivity index (χ1v) is 10.6. The third kappa shape index (κ3) is 6.04. The maximum Gasteiger partial charge on any atom is 0.450 e. The first-order valence-electron chi connectivity index (χ1n) is 9.63. The predicted molar refractivity (Wildman–Crippen MR) is 116 cm³/mol. The number of halogens is 3. The summed E-state index contributed by atoms with van der Waals surface area (Å²) < 4.78 is 44.4. The highest BCUT2D eigenvalue weighted by atomic mass is 32.2. The summed E-state index contributed by atoms with van der Waals surface area (Å²) in [4.78, 5) is 17.2. The number of amides is 1. The van der Waals surface area contributed by atoms with Crippen LogP contribution in [0, 0.1) is 0 Å². The third-order valence-electron chi connectivity index (χ3n) is 4.21. The van der Waals surface area contributed by atoms with E-state index in [0.29, 0.717) is 17.9 Å². The van der Waals surface area contributed by atoms with Crippen molar-refractivity contribution in [3.63, 3.8) is 0 Å². The molecule has 1 N–H and O–H groups in total. The van der Waals surface area contributed by atoms with E-state index in [1.807, 2.05) is 31.2 Å². The fraction of sp³-hybridized carbons (Fsp3) is 0.273. The van der Waals surface area contributed by atoms with Gasteiger partial charge in [-0.05, 0) is 23.6 Å². The summed E-state index contributed by atoms with van der Waals surface area (Å²) in [5, 5.41) is 6.48. The van der Waals surface area contributed by atoms with Crippen LogP contribution in [0.4, 0.5) is 18.9 Å². The molecule has 1 amide bonds. The van der Waals surface area contributed by atoms with Gasteiger partial charge in [0, 0.05) is 17.0 Å². The first kappa shape index (κ1) is 22.7. The lowest BCUT2D eigenvalue weighted by Gasteiger charge is -2.22. The van der Waals surface area contributed by atoms with Crippen molar-refractivity contribution in [2.24, 2.45) is 5.16 Å². The molecule has 0 bridgehead atoms. The number of hydrogen-bond acceptors (Lipinski definition) is 5. The molecular formula is C22H21F3N2O3S. The van der Waals surface area contributed by atoms with Crippen molar-refractivity contribution in [2.45, 2.75) is 19.5 Å². The van der Waals surface area contributed by atoms with Gasteiger partial charge in [-0.3, -0.25) is 4.79 Å². The molecule has 9 heteroatoms. The highest BCUT2D eigenvalue weighted by Crippen LogP contribution is 2.38. The number of thioether (sulfide) groups is 1. The molecule has 2 aromatic rings. The van der Waals surface area contributed by atoms with Gasteiger partial charge >= 0.3 is 6.18 Å². The lowest BCUT2D eigenvalue weighted by Crippen LogP contribution is -2.26. The third-order valence-corrected chi connectivity index (χ3v) is 5.24. The lowest BCUT2D eigenvalue weighted by molar-refractivity contribution is -0.133. The van der Waals surface area contributed by atoms with Gasteiger partial charge in [0.1, 0.15) is 11.5 Å². The van der Waals surface area contributed by atoms with Crippen molar-refractivity contribution >= 4 is 29.6 Å². The van der Waals surface area contributed by atoms with Crippen LogP contribution in [-0.2, 0) is 14.4 Å². The van der Waals surface area contributed by atoms with Crippen LogP contribution in [0.2, 0.25) is 0 Å². The van der Waals surface area contributed by atoms with Gasteiger partial charge in [0.2, 0.25) is 5.76 Å². The highest BCUT2D eigenvalue weighted by molar-refractivity contribution is 8.04. The van der Waals surface area contributed by atoms with Crippen LogP contribution in [-0.4, -0.2) is 37.3 Å². The monoisotopic (exact) mass is 450 g/mol. The van der Waals surface area contributed by atoms with E-state index in [0.717, 1.165) is 29.3 Å². The van der Waals surface area contributed by atoms with Crippen molar-refractivity contribution in [1.29, 1.82) is 0 Å². The molecule has 3 rings (SSSR count). The molecule has 0 fully saturated rings. The lowest BCUT2D eigenvalue weighted by atomic mass is 10.0. The SMILES string of the molecule is CCCON=Cc1ccc(-c2ccccc2NC(=O)C2=C(C(F)(F)F)OCCS2)cc1. The fourth-order valence-corrected chi connectivity index (χ4v) is 3.67. The number of para-hydroxylation sites is 1. The van der Waals surface area contributed by atoms with E-state index in [1.54, 1.807) is 30.5 Å². The largest absolute Gasteiger partial charge is 0.487 e. The van der Waals surface area contributed by atoms with Crippen LogP contribution in [0.15, 0.2) is 64.4 Å². The van der Waals surface area contributed by atoms with Gasteiger partial charge in [-0.1, -0.05) is 54.5 Å². The summed E-state index contributed by atoms with van der Waals surface area (Å²) in [6.07, 6.45) is -2.26. The Morgan fingerprint density at radius 2 is 1.97 bits per heavy atom. The summed E-state index contributed by atoms with van der Waals surface area (Å²) in [6, 6.07) is 14.3. The van der Waals surface area contributed by atoms with Crippen LogP contribution in [0.3, 0.4) is 0 Å². The minimum Gasteiger partial charge on any atom is -0.487 e. The number of hydrogen-bond donors (Lipinski definition) is 1. The Hall–Kier alpha value is -2.94. The van der Waals surface area contributed by atoms with Crippen LogP contribution < -0.4 is 5.32 Å². The predicted octanol–water partition coefficient (Wildman–Crippen LogP) is 5.59. The average molecular weight is 450 g/mol. The van der Waals surface area contributed by atoms with E-state index in [9.17, 15) is 18.0 Å². The average Bonchev–Trinajstić information content (AvgIpc) is 2.77. The van der Waals surface area contributed by atoms with Crippen molar-refractivity contribution in [1.82, 2.24) is 0 Å². The Balaban J connectivity index is 1.82. The standard InChI is InChI=1S/C22H21F3N2O3S/c1-2-11-30-26-14-15-7-9-16(10-8-15)17-5-3-4-6-18(17)27-21(28)19-20(22(23,24)25)29-12-13-31-19/h3-10,14H,2,11-13H2,1H3,(H,27,28). The molecule has 0 saturated heterocycles. The van der Waals surface area contributed by atoms with Crippen molar-refractivity contribution in [2.75, 3.05) is 24.3 Å². The van der Waals surface area contributed by atoms with Crippen molar-refractivity contribution in [3.05, 3.63) is 64.8 Å². The zero-order valence-electron chi connectivity index (χ0n) is 16.7. The minimum absolute atomic E-state index is 0.0913. The molecule has 0 radical (unpaired) electrons. The minimum atomic E-state index is -4.72. The van der Waals surface area contributed by atoms with Crippen molar-refractivity contribution in [3.8, 4) is 11.1 Å². The molecule has 0 saturated carbocycles. The van der Waals surface area contributed by atoms with Gasteiger partial charge in [-0.2, -0.15) is 13.2 Å². The summed E-state index contributed by atoms with van der Waals surface area (Å²) in [7, 11) is 0. The number of allylic oxidation sites excluding steroid dienone is 1. The molecule has 0 aliphatic carbocycles. The number of ether oxygens (including phenoxy) is 1. The molecule has 164 valence electrons. The number of rotatable bonds is 7. The Morgan fingerprint density at radius 3 is 2.68 bits per heavy atom. The number of nitrogens with one attached hydrogen (secondary N) is 1. The molecule has 1 heterocycles. The van der Waals surface area contributed by atoms with E-state index in [4.69, 9.17) is 9.57 Å². The number of nitrogens with zero attached hydrogens (tertiary/aromatic N) is 1. The zero-order valence-corrected chi connectivity index (χ0v) is 17.6. The summed E-state index contributed by atoms with van der Waals surface area (Å²) >= 11 is 0.836. The second-order valence-corrected chi connectivity index (χ2v) is 7.65. The van der Waals surface area contributed by atoms with Gasteiger partial charge in [0.15, 0.2) is 0 Å². The summed E-state index contributed by atoms with van der Waals surface area (Å²) in [5.74, 6) is -1.82. The molecule has 5 nitrogen and oxygen atoms in total. The topological polar surface area (TPSA) is 59.9 Å². The highest BCUT2D eigenvalue weighted by Gasteiger charge is 2.42. The van der Waals surface area contributed by atoms with E-state index in [-0.39, 0.29) is 12.4 Å². The normalized spacial score (nSPS) is 14.5. The zero-order chi connectivity index (χ0) is 22.3. The van der Waals surface area contributed by atoms with Gasteiger partial charge in [-0.15, -0.1) is 11.8 Å². The quantitative estimate of drug-likeness (QED) is 0.339. The van der Waals surface area contributed by atoms with Gasteiger partial charge in [0.25, 0.3) is 5.91 Å². The molecule has 0 spiro atoms. The van der Waals surface area contributed by atoms with Crippen LogP contribution in [0.25, 0.3) is 11.1 Å². The molecule has 1 aliphatic heterocycles. The fourth-order valence-electron chi connectivity index (χ4n) is 2.81. The van der Waals surface area contributed by atoms with Gasteiger partial charge in [0.05, 0.1) is 12.8 Å². The number of alkyl halides is 3. The Morgan fingerprint density at radius 1 is 1.23 bits per heavy atom. The number of benzene rings is 2. The van der Waals surface area contributed by atoms with Gasteiger partial charge in [-0.25, -0.2) is 0 Å². The van der Waals surface area contributed by atoms with Crippen molar-refractivity contribution < 1.29 is 27.5 Å². The van der Waals surface area contributed by atoms with E-state index in [1.165, 1.54) is 0 Å². The smallest absolute Gasteiger partial charge is 0.450 e. The van der Waals surface area contributed by atoms with Crippen LogP contribution in [0.1, 0.15) is 18.9 Å². The number of anilines is 1. The molecular weight excluding hydrogens is 429 g/mol. The number of carbonyl (C=O) groups is 1.